The molecular weight excluding hydrogens is 398 g/mol. The number of allylic oxidation sites excluding steroid dienone is 4. The minimum Gasteiger partial charge on any atom is -0.494 e. The molecule has 32 heavy (non-hydrogen) atoms. The quantitative estimate of drug-likeness (QED) is 0.314. The van der Waals surface area contributed by atoms with Crippen molar-refractivity contribution in [3.05, 3.63) is 60.1 Å². The van der Waals surface area contributed by atoms with Gasteiger partial charge in [-0.15, -0.1) is 0 Å². The number of hydrogen-bond donors (Lipinski definition) is 2. The lowest BCUT2D eigenvalue weighted by atomic mass is 10.0. The van der Waals surface area contributed by atoms with E-state index in [1.807, 2.05) is 24.3 Å². The summed E-state index contributed by atoms with van der Waals surface area (Å²) >= 11 is 0. The molecule has 2 heterocycles. The molecule has 0 spiro atoms. The Kier molecular flexibility index (Phi) is 7.90. The van der Waals surface area contributed by atoms with Gasteiger partial charge in [0.1, 0.15) is 11.3 Å². The highest BCUT2D eigenvalue weighted by Gasteiger charge is 2.12. The number of unbranched alkanes of at least 4 members (excludes halogenated alkanes) is 5. The van der Waals surface area contributed by atoms with Crippen LogP contribution >= 0.6 is 0 Å². The molecule has 0 bridgehead atoms. The van der Waals surface area contributed by atoms with Gasteiger partial charge in [0.25, 0.3) is 0 Å². The smallest absolute Gasteiger partial charge is 0.229 e. The average molecular weight is 432 g/mol. The molecule has 0 amide bonds. The van der Waals surface area contributed by atoms with Crippen LogP contribution in [-0.2, 0) is 6.42 Å². The predicted octanol–water partition coefficient (Wildman–Crippen LogP) is 6.65. The van der Waals surface area contributed by atoms with Gasteiger partial charge in [0.15, 0.2) is 5.65 Å². The number of nitrogens with one attached hydrogen (secondary N) is 2. The molecule has 2 N–H and O–H groups in total. The maximum atomic E-state index is 5.88. The third-order valence-corrected chi connectivity index (χ3v) is 5.68. The van der Waals surface area contributed by atoms with E-state index < -0.39 is 0 Å². The number of imidazole rings is 1. The minimum atomic E-state index is 0.556. The van der Waals surface area contributed by atoms with E-state index in [-0.39, 0.29) is 0 Å². The van der Waals surface area contributed by atoms with Gasteiger partial charge in [-0.05, 0) is 49.1 Å². The number of rotatable bonds is 12. The Morgan fingerprint density at radius 2 is 1.84 bits per heavy atom. The van der Waals surface area contributed by atoms with Crippen LogP contribution in [0.2, 0.25) is 0 Å². The van der Waals surface area contributed by atoms with Gasteiger partial charge in [-0.2, -0.15) is 4.98 Å². The van der Waals surface area contributed by atoms with E-state index in [1.165, 1.54) is 37.7 Å². The van der Waals surface area contributed by atoms with E-state index in [4.69, 9.17) is 9.72 Å². The summed E-state index contributed by atoms with van der Waals surface area (Å²) in [6.45, 7) is 3.01. The van der Waals surface area contributed by atoms with Gasteiger partial charge in [-0.3, -0.25) is 0 Å². The highest BCUT2D eigenvalue weighted by Crippen LogP contribution is 2.23. The molecule has 0 radical (unpaired) electrons. The van der Waals surface area contributed by atoms with E-state index in [0.29, 0.717) is 11.6 Å². The molecule has 0 unspecified atom stereocenters. The Morgan fingerprint density at radius 1 is 1.00 bits per heavy atom. The zero-order valence-electron chi connectivity index (χ0n) is 18.9. The Labute approximate surface area is 190 Å². The van der Waals surface area contributed by atoms with Gasteiger partial charge in [0, 0.05) is 12.1 Å². The summed E-state index contributed by atoms with van der Waals surface area (Å²) in [6, 6.07) is 7.98. The second kappa shape index (κ2) is 11.5. The van der Waals surface area contributed by atoms with Crippen molar-refractivity contribution in [2.75, 3.05) is 11.9 Å². The van der Waals surface area contributed by atoms with Crippen LogP contribution in [-0.4, -0.2) is 26.5 Å². The van der Waals surface area contributed by atoms with Gasteiger partial charge in [0.2, 0.25) is 5.95 Å². The van der Waals surface area contributed by atoms with Crippen LogP contribution in [0.1, 0.15) is 64.0 Å². The molecule has 1 aliphatic rings. The van der Waals surface area contributed by atoms with E-state index in [2.05, 4.69) is 45.4 Å². The zero-order valence-corrected chi connectivity index (χ0v) is 18.9. The molecule has 0 saturated heterocycles. The summed E-state index contributed by atoms with van der Waals surface area (Å²) < 4.78 is 5.88. The topological polar surface area (TPSA) is 75.7 Å². The Balaban J connectivity index is 1.35. The van der Waals surface area contributed by atoms with Crippen molar-refractivity contribution in [1.82, 2.24) is 19.9 Å². The number of nitrogens with zero attached hydrogens (tertiary/aromatic N) is 3. The van der Waals surface area contributed by atoms with Gasteiger partial charge in [0.05, 0.1) is 18.6 Å². The molecule has 0 atom stereocenters. The molecule has 1 aliphatic carbocycles. The highest BCUT2D eigenvalue weighted by atomic mass is 16.5. The highest BCUT2D eigenvalue weighted by molar-refractivity contribution is 5.75. The molecular formula is C26H33N5O. The Morgan fingerprint density at radius 3 is 2.66 bits per heavy atom. The largest absolute Gasteiger partial charge is 0.494 e. The van der Waals surface area contributed by atoms with Crippen LogP contribution in [0, 0.1) is 0 Å². The molecule has 3 aromatic rings. The lowest BCUT2D eigenvalue weighted by Gasteiger charge is -2.11. The third-order valence-electron chi connectivity index (χ3n) is 5.68. The number of anilines is 2. The van der Waals surface area contributed by atoms with Gasteiger partial charge in [-0.1, -0.05) is 57.3 Å². The molecule has 6 nitrogen and oxygen atoms in total. The fourth-order valence-electron chi connectivity index (χ4n) is 3.91. The molecule has 1 aromatic carbocycles. The summed E-state index contributed by atoms with van der Waals surface area (Å²) in [5.41, 5.74) is 4.73. The van der Waals surface area contributed by atoms with Crippen molar-refractivity contribution in [3.8, 4) is 5.75 Å². The van der Waals surface area contributed by atoms with Gasteiger partial charge >= 0.3 is 0 Å². The third kappa shape index (κ3) is 6.19. The first kappa shape index (κ1) is 22.1. The average Bonchev–Trinajstić information content (AvgIpc) is 3.29. The summed E-state index contributed by atoms with van der Waals surface area (Å²) in [6.07, 6.45) is 18.9. The first-order valence-electron chi connectivity index (χ1n) is 11.9. The SMILES string of the molecule is CCCCCCCCOc1ccc(Nc2nc(CC3=CCCC=C3)c3[nH]cnc3n2)cc1. The predicted molar refractivity (Wildman–Crippen MR) is 130 cm³/mol. The normalized spacial score (nSPS) is 13.3. The Hall–Kier alpha value is -3.15. The van der Waals surface area contributed by atoms with Crippen molar-refractivity contribution in [1.29, 1.82) is 0 Å². The minimum absolute atomic E-state index is 0.556. The van der Waals surface area contributed by atoms with E-state index in [1.54, 1.807) is 6.33 Å². The molecule has 168 valence electrons. The lowest BCUT2D eigenvalue weighted by Crippen LogP contribution is -2.03. The zero-order chi connectivity index (χ0) is 22.0. The van der Waals surface area contributed by atoms with E-state index in [9.17, 15) is 0 Å². The molecule has 4 rings (SSSR count). The molecule has 6 heteroatoms. The van der Waals surface area contributed by atoms with Crippen molar-refractivity contribution < 1.29 is 4.74 Å². The van der Waals surface area contributed by atoms with Gasteiger partial charge in [-0.25, -0.2) is 9.97 Å². The van der Waals surface area contributed by atoms with E-state index >= 15 is 0 Å². The number of H-pyrrole nitrogens is 1. The monoisotopic (exact) mass is 431 g/mol. The Bertz CT molecular complexity index is 1050. The van der Waals surface area contributed by atoms with Crippen molar-refractivity contribution in [3.63, 3.8) is 0 Å². The van der Waals surface area contributed by atoms with Crippen LogP contribution in [0.4, 0.5) is 11.6 Å². The van der Waals surface area contributed by atoms with Gasteiger partial charge < -0.3 is 15.0 Å². The number of hydrogen-bond acceptors (Lipinski definition) is 5. The maximum Gasteiger partial charge on any atom is 0.229 e. The number of aromatic nitrogens is 4. The van der Waals surface area contributed by atoms with Crippen LogP contribution in [0.15, 0.2) is 54.4 Å². The summed E-state index contributed by atoms with van der Waals surface area (Å²) in [7, 11) is 0. The summed E-state index contributed by atoms with van der Waals surface area (Å²) in [5, 5.41) is 3.32. The van der Waals surface area contributed by atoms with Crippen molar-refractivity contribution >= 4 is 22.8 Å². The standard InChI is InChI=1S/C26H33N5O/c1-2-3-4-5-6-10-17-32-22-15-13-21(14-16-22)29-26-30-23(18-20-11-8-7-9-12-20)24-25(31-26)28-19-27-24/h8,11-16,19H,2-7,9-10,17-18H2,1H3,(H2,27,28,29,30,31). The van der Waals surface area contributed by atoms with Crippen molar-refractivity contribution in [2.45, 2.75) is 64.7 Å². The number of aromatic amines is 1. The number of benzene rings is 1. The number of ether oxygens (including phenoxy) is 1. The van der Waals surface area contributed by atoms with Crippen LogP contribution in [0.3, 0.4) is 0 Å². The first-order valence-corrected chi connectivity index (χ1v) is 11.9. The molecule has 2 aromatic heterocycles. The fraction of sp³-hybridized carbons (Fsp3) is 0.423. The summed E-state index contributed by atoms with van der Waals surface area (Å²) in [5.74, 6) is 1.45. The molecule has 0 fully saturated rings. The molecule has 0 saturated carbocycles. The lowest BCUT2D eigenvalue weighted by molar-refractivity contribution is 0.304. The fourth-order valence-corrected chi connectivity index (χ4v) is 3.91. The summed E-state index contributed by atoms with van der Waals surface area (Å²) in [4.78, 5) is 16.9. The maximum absolute atomic E-state index is 5.88. The van der Waals surface area contributed by atoms with Crippen LogP contribution in [0.25, 0.3) is 11.2 Å². The van der Waals surface area contributed by atoms with Crippen molar-refractivity contribution in [2.24, 2.45) is 0 Å². The van der Waals surface area contributed by atoms with Crippen LogP contribution < -0.4 is 10.1 Å². The number of fused-ring (bicyclic) bond motifs is 1. The first-order chi connectivity index (χ1) is 15.8. The van der Waals surface area contributed by atoms with Crippen LogP contribution in [0.5, 0.6) is 5.75 Å². The second-order valence-corrected chi connectivity index (χ2v) is 8.30. The second-order valence-electron chi connectivity index (χ2n) is 8.30. The van der Waals surface area contributed by atoms with E-state index in [0.717, 1.165) is 54.9 Å². The molecule has 0 aliphatic heterocycles.